The molecule has 1 aromatic heterocycles. The summed E-state index contributed by atoms with van der Waals surface area (Å²) in [4.78, 5) is 30.0. The van der Waals surface area contributed by atoms with Crippen molar-refractivity contribution in [1.82, 2.24) is 19.8 Å². The summed E-state index contributed by atoms with van der Waals surface area (Å²) in [7, 11) is 0. The van der Waals surface area contributed by atoms with Crippen molar-refractivity contribution in [2.24, 2.45) is 11.5 Å². The van der Waals surface area contributed by atoms with E-state index in [4.69, 9.17) is 10.5 Å². The zero-order valence-electron chi connectivity index (χ0n) is 17.2. The number of amides is 1. The topological polar surface area (TPSA) is 123 Å². The molecule has 4 rings (SSSR count). The monoisotopic (exact) mass is 413 g/mol. The summed E-state index contributed by atoms with van der Waals surface area (Å²) in [5, 5.41) is 3.31. The Morgan fingerprint density at radius 1 is 1.07 bits per heavy atom. The lowest BCUT2D eigenvalue weighted by molar-refractivity contribution is -0.106. The summed E-state index contributed by atoms with van der Waals surface area (Å²) < 4.78 is 1.61. The summed E-state index contributed by atoms with van der Waals surface area (Å²) in [6.45, 7) is 6.66. The predicted molar refractivity (Wildman–Crippen MR) is 118 cm³/mol. The van der Waals surface area contributed by atoms with E-state index in [1.165, 1.54) is 5.56 Å². The number of carbonyl (C=O) groups is 1. The first-order valence-electron chi connectivity index (χ1n) is 10.4. The van der Waals surface area contributed by atoms with Gasteiger partial charge in [-0.2, -0.15) is 4.98 Å². The zero-order chi connectivity index (χ0) is 21.3. The van der Waals surface area contributed by atoms with Gasteiger partial charge in [0, 0.05) is 45.0 Å². The van der Waals surface area contributed by atoms with Crippen molar-refractivity contribution in [3.63, 3.8) is 0 Å². The van der Waals surface area contributed by atoms with Gasteiger partial charge < -0.3 is 21.7 Å². The van der Waals surface area contributed by atoms with E-state index in [-0.39, 0.29) is 12.1 Å². The van der Waals surface area contributed by atoms with Gasteiger partial charge in [0.05, 0.1) is 5.69 Å². The number of carbonyl (C=O) groups excluding carboxylic acids is 1. The van der Waals surface area contributed by atoms with Crippen LogP contribution in [0.3, 0.4) is 0 Å². The minimum Gasteiger partial charge on any atom is -0.372 e. The number of likely N-dealkylation sites (tertiary alicyclic amines) is 1. The van der Waals surface area contributed by atoms with E-state index in [1.807, 2.05) is 24.4 Å². The highest BCUT2D eigenvalue weighted by molar-refractivity contribution is 5.42. The first kappa shape index (κ1) is 21.9. The molecule has 9 nitrogen and oxygen atoms in total. The van der Waals surface area contributed by atoms with Crippen molar-refractivity contribution in [2.75, 3.05) is 44.2 Å². The molecule has 3 heterocycles. The van der Waals surface area contributed by atoms with E-state index >= 15 is 0 Å². The third kappa shape index (κ3) is 5.88. The molecule has 2 aliphatic rings. The minimum atomic E-state index is -0.233. The Bertz CT molecular complexity index is 854. The Morgan fingerprint density at radius 2 is 1.70 bits per heavy atom. The quantitative estimate of drug-likeness (QED) is 0.587. The molecule has 2 aliphatic heterocycles. The van der Waals surface area contributed by atoms with Gasteiger partial charge in [0.15, 0.2) is 0 Å². The summed E-state index contributed by atoms with van der Waals surface area (Å²) in [5.74, 6) is 0.762. The molecule has 0 aliphatic carbocycles. The maximum atomic E-state index is 12.5. The van der Waals surface area contributed by atoms with E-state index in [0.29, 0.717) is 6.04 Å². The number of piperidine rings is 1. The van der Waals surface area contributed by atoms with Crippen LogP contribution in [0, 0.1) is 0 Å². The maximum absolute atomic E-state index is 12.5. The fourth-order valence-electron chi connectivity index (χ4n) is 3.79. The number of hydrogen-bond donors (Lipinski definition) is 3. The van der Waals surface area contributed by atoms with E-state index in [0.717, 1.165) is 70.2 Å². The first-order chi connectivity index (χ1) is 14.6. The summed E-state index contributed by atoms with van der Waals surface area (Å²) >= 11 is 0. The molecule has 0 saturated carbocycles. The van der Waals surface area contributed by atoms with Crippen LogP contribution in [0.25, 0.3) is 5.69 Å². The third-order valence-electron chi connectivity index (χ3n) is 5.48. The highest BCUT2D eigenvalue weighted by Crippen LogP contribution is 2.15. The molecule has 0 bridgehead atoms. The van der Waals surface area contributed by atoms with Gasteiger partial charge in [-0.1, -0.05) is 12.1 Å². The molecule has 5 N–H and O–H groups in total. The average Bonchev–Trinajstić information content (AvgIpc) is 2.77. The molecule has 2 saturated heterocycles. The Kier molecular flexibility index (Phi) is 7.95. The first-order valence-corrected chi connectivity index (χ1v) is 10.4. The van der Waals surface area contributed by atoms with Crippen LogP contribution < -0.4 is 27.4 Å². The van der Waals surface area contributed by atoms with E-state index < -0.39 is 0 Å². The molecule has 2 fully saturated rings. The largest absolute Gasteiger partial charge is 0.372 e. The number of anilines is 1. The van der Waals surface area contributed by atoms with Gasteiger partial charge in [-0.15, -0.1) is 0 Å². The number of nitrogens with two attached hydrogens (primary N) is 2. The standard InChI is InChI=1S/C20H28N6O.CH3NO/c21-17-5-10-24(11-6-17)15-16-1-3-18(4-2-16)26-12-7-19(23-20(26)27)25-13-8-22-9-14-25;2-1-3/h1-4,7,12,17,22H,5-6,8-11,13-15,21H2;1H,(H2,2,3). The maximum Gasteiger partial charge on any atom is 0.354 e. The van der Waals surface area contributed by atoms with Gasteiger partial charge in [-0.25, -0.2) is 4.79 Å². The molecule has 0 unspecified atom stereocenters. The van der Waals surface area contributed by atoms with Crippen molar-refractivity contribution < 1.29 is 4.79 Å². The lowest BCUT2D eigenvalue weighted by Crippen LogP contribution is -2.44. The molecular weight excluding hydrogens is 382 g/mol. The summed E-state index contributed by atoms with van der Waals surface area (Å²) in [6, 6.07) is 10.5. The number of nitrogens with zero attached hydrogens (tertiary/aromatic N) is 4. The molecule has 0 spiro atoms. The number of piperazine rings is 1. The molecule has 0 atom stereocenters. The van der Waals surface area contributed by atoms with Crippen molar-refractivity contribution in [1.29, 1.82) is 0 Å². The van der Waals surface area contributed by atoms with Gasteiger partial charge in [0.25, 0.3) is 0 Å². The van der Waals surface area contributed by atoms with Crippen LogP contribution >= 0.6 is 0 Å². The Hall–Kier alpha value is -2.75. The third-order valence-corrected chi connectivity index (χ3v) is 5.48. The zero-order valence-corrected chi connectivity index (χ0v) is 17.2. The minimum absolute atomic E-state index is 0.233. The Balaban J connectivity index is 0.000000806. The highest BCUT2D eigenvalue weighted by atomic mass is 16.1. The van der Waals surface area contributed by atoms with Crippen LogP contribution in [-0.4, -0.2) is 66.2 Å². The van der Waals surface area contributed by atoms with Crippen LogP contribution in [-0.2, 0) is 11.3 Å². The van der Waals surface area contributed by atoms with Crippen LogP contribution in [0.15, 0.2) is 41.3 Å². The van der Waals surface area contributed by atoms with Crippen LogP contribution in [0.2, 0.25) is 0 Å². The number of primary amides is 1. The smallest absolute Gasteiger partial charge is 0.354 e. The number of aromatic nitrogens is 2. The Morgan fingerprint density at radius 3 is 2.30 bits per heavy atom. The van der Waals surface area contributed by atoms with Crippen molar-refractivity contribution in [2.45, 2.75) is 25.4 Å². The average molecular weight is 414 g/mol. The van der Waals surface area contributed by atoms with Gasteiger partial charge in [0.2, 0.25) is 6.41 Å². The fourth-order valence-corrected chi connectivity index (χ4v) is 3.79. The molecular formula is C21H31N7O2. The second-order valence-electron chi connectivity index (χ2n) is 7.59. The number of nitrogens with one attached hydrogen (secondary N) is 1. The fraction of sp³-hybridized carbons (Fsp3) is 0.476. The molecule has 162 valence electrons. The van der Waals surface area contributed by atoms with E-state index in [9.17, 15) is 4.79 Å². The van der Waals surface area contributed by atoms with Crippen LogP contribution in [0.4, 0.5) is 5.82 Å². The van der Waals surface area contributed by atoms with Crippen molar-refractivity contribution in [3.05, 3.63) is 52.6 Å². The number of rotatable bonds is 4. The van der Waals surface area contributed by atoms with Crippen LogP contribution in [0.5, 0.6) is 0 Å². The molecule has 9 heteroatoms. The normalized spacial score (nSPS) is 17.8. The Labute approximate surface area is 176 Å². The van der Waals surface area contributed by atoms with E-state index in [1.54, 1.807) is 4.57 Å². The lowest BCUT2D eigenvalue weighted by Gasteiger charge is -2.30. The number of hydrogen-bond acceptors (Lipinski definition) is 7. The second kappa shape index (κ2) is 10.9. The predicted octanol–water partition coefficient (Wildman–Crippen LogP) is -0.333. The van der Waals surface area contributed by atoms with Crippen molar-refractivity contribution >= 4 is 12.2 Å². The molecule has 1 amide bonds. The van der Waals surface area contributed by atoms with Crippen molar-refractivity contribution in [3.8, 4) is 5.69 Å². The molecule has 2 aromatic rings. The van der Waals surface area contributed by atoms with E-state index in [2.05, 4.69) is 38.0 Å². The van der Waals surface area contributed by atoms with Crippen LogP contribution in [0.1, 0.15) is 18.4 Å². The van der Waals surface area contributed by atoms with Gasteiger partial charge in [0.1, 0.15) is 5.82 Å². The lowest BCUT2D eigenvalue weighted by atomic mass is 10.1. The highest BCUT2D eigenvalue weighted by Gasteiger charge is 2.16. The molecule has 30 heavy (non-hydrogen) atoms. The van der Waals surface area contributed by atoms with Gasteiger partial charge in [-0.3, -0.25) is 14.3 Å². The molecule has 1 aromatic carbocycles. The second-order valence-corrected chi connectivity index (χ2v) is 7.59. The van der Waals surface area contributed by atoms with Gasteiger partial charge >= 0.3 is 5.69 Å². The summed E-state index contributed by atoms with van der Waals surface area (Å²) in [6.07, 6.45) is 4.21. The number of benzene rings is 1. The van der Waals surface area contributed by atoms with Gasteiger partial charge in [-0.05, 0) is 49.7 Å². The SMILES string of the molecule is NC1CCN(Cc2ccc(-n3ccc(N4CCNCC4)nc3=O)cc2)CC1.NC=O. The molecule has 0 radical (unpaired) electrons. The summed E-state index contributed by atoms with van der Waals surface area (Å²) in [5.41, 5.74) is 12.0.